The second-order valence-electron chi connectivity index (χ2n) is 4.84. The van der Waals surface area contributed by atoms with Crippen LogP contribution in [0.3, 0.4) is 0 Å². The number of carboxylic acid groups (broad SMARTS) is 1. The zero-order chi connectivity index (χ0) is 14.3. The molecule has 0 bridgehead atoms. The van der Waals surface area contributed by atoms with E-state index in [4.69, 9.17) is 5.11 Å². The molecule has 19 heavy (non-hydrogen) atoms. The van der Waals surface area contributed by atoms with Crippen LogP contribution in [-0.2, 0) is 9.59 Å². The molecule has 1 amide bonds. The van der Waals surface area contributed by atoms with Gasteiger partial charge in [-0.3, -0.25) is 4.79 Å². The summed E-state index contributed by atoms with van der Waals surface area (Å²) in [4.78, 5) is 25.2. The molecular weight excluding hydrogens is 270 g/mol. The van der Waals surface area contributed by atoms with Crippen molar-refractivity contribution in [1.82, 2.24) is 4.90 Å². The minimum absolute atomic E-state index is 0.0119. The lowest BCUT2D eigenvalue weighted by Gasteiger charge is -2.46. The Morgan fingerprint density at radius 1 is 1.53 bits per heavy atom. The lowest BCUT2D eigenvalue weighted by atomic mass is 9.79. The maximum absolute atomic E-state index is 12.0. The fourth-order valence-corrected chi connectivity index (χ4v) is 3.91. The number of β-lactam (4-membered cyclic amide) rings is 1. The SMILES string of the molecule is CC(O)C1C(=O)N2C(C(=O)O)=C(SCCO)C(C)C12. The Hall–Kier alpha value is -1.05. The Kier molecular flexibility index (Phi) is 3.89. The summed E-state index contributed by atoms with van der Waals surface area (Å²) in [5.41, 5.74) is 0.0119. The molecule has 1 saturated heterocycles. The number of hydrogen-bond donors (Lipinski definition) is 3. The lowest BCUT2D eigenvalue weighted by molar-refractivity contribution is -0.163. The molecule has 106 valence electrons. The van der Waals surface area contributed by atoms with Crippen LogP contribution in [0.25, 0.3) is 0 Å². The van der Waals surface area contributed by atoms with Gasteiger partial charge in [0.2, 0.25) is 5.91 Å². The zero-order valence-electron chi connectivity index (χ0n) is 10.7. The van der Waals surface area contributed by atoms with Gasteiger partial charge in [-0.2, -0.15) is 0 Å². The summed E-state index contributed by atoms with van der Waals surface area (Å²) in [6, 6.07) is -0.278. The molecule has 2 aliphatic rings. The van der Waals surface area contributed by atoms with Gasteiger partial charge in [0.15, 0.2) is 0 Å². The number of hydrogen-bond acceptors (Lipinski definition) is 5. The molecule has 0 spiro atoms. The molecule has 3 N–H and O–H groups in total. The van der Waals surface area contributed by atoms with Crippen LogP contribution >= 0.6 is 11.8 Å². The van der Waals surface area contributed by atoms with E-state index in [-0.39, 0.29) is 30.2 Å². The van der Waals surface area contributed by atoms with E-state index in [0.717, 1.165) is 0 Å². The number of amides is 1. The second kappa shape index (κ2) is 5.15. The molecule has 4 unspecified atom stereocenters. The summed E-state index contributed by atoms with van der Waals surface area (Å²) < 4.78 is 0. The van der Waals surface area contributed by atoms with E-state index in [2.05, 4.69) is 0 Å². The van der Waals surface area contributed by atoms with Gasteiger partial charge < -0.3 is 20.2 Å². The monoisotopic (exact) mass is 287 g/mol. The van der Waals surface area contributed by atoms with E-state index in [9.17, 15) is 19.8 Å². The van der Waals surface area contributed by atoms with Gasteiger partial charge in [-0.1, -0.05) is 6.92 Å². The molecule has 0 aromatic heterocycles. The Balaban J connectivity index is 2.32. The third-order valence-electron chi connectivity index (χ3n) is 3.66. The standard InChI is InChI=1S/C12H17NO5S/c1-5-8-7(6(2)15)11(16)13(8)9(12(17)18)10(5)19-4-3-14/h5-8,14-15H,3-4H2,1-2H3,(H,17,18). The second-order valence-corrected chi connectivity index (χ2v) is 5.98. The summed E-state index contributed by atoms with van der Waals surface area (Å²) in [6.45, 7) is 3.35. The first-order valence-corrected chi connectivity index (χ1v) is 7.12. The number of carboxylic acids is 1. The van der Waals surface area contributed by atoms with Crippen molar-refractivity contribution >= 4 is 23.6 Å². The Bertz CT molecular complexity index is 447. The van der Waals surface area contributed by atoms with Crippen molar-refractivity contribution in [1.29, 1.82) is 0 Å². The number of aliphatic hydroxyl groups excluding tert-OH is 2. The van der Waals surface area contributed by atoms with Gasteiger partial charge in [-0.15, -0.1) is 11.8 Å². The number of nitrogens with zero attached hydrogens (tertiary/aromatic N) is 1. The van der Waals surface area contributed by atoms with Crippen molar-refractivity contribution in [2.24, 2.45) is 11.8 Å². The van der Waals surface area contributed by atoms with Gasteiger partial charge in [-0.05, 0) is 6.92 Å². The maximum atomic E-state index is 12.0. The number of fused-ring (bicyclic) bond motifs is 1. The van der Waals surface area contributed by atoms with Gasteiger partial charge in [0.25, 0.3) is 0 Å². The fourth-order valence-electron chi connectivity index (χ4n) is 2.87. The Morgan fingerprint density at radius 3 is 2.63 bits per heavy atom. The normalized spacial score (nSPS) is 31.3. The molecule has 2 heterocycles. The van der Waals surface area contributed by atoms with E-state index in [1.807, 2.05) is 6.92 Å². The smallest absolute Gasteiger partial charge is 0.353 e. The molecule has 0 aliphatic carbocycles. The molecule has 0 aromatic carbocycles. The summed E-state index contributed by atoms with van der Waals surface area (Å²) in [5, 5.41) is 27.8. The highest BCUT2D eigenvalue weighted by Gasteiger charge is 2.59. The first-order valence-electron chi connectivity index (χ1n) is 6.14. The van der Waals surface area contributed by atoms with Crippen LogP contribution in [0.5, 0.6) is 0 Å². The van der Waals surface area contributed by atoms with Crippen LogP contribution in [0, 0.1) is 11.8 Å². The predicted molar refractivity (Wildman–Crippen MR) is 69.2 cm³/mol. The first-order chi connectivity index (χ1) is 8.91. The van der Waals surface area contributed by atoms with E-state index in [1.165, 1.54) is 16.7 Å². The quantitative estimate of drug-likeness (QED) is 0.609. The highest BCUT2D eigenvalue weighted by atomic mass is 32.2. The summed E-state index contributed by atoms with van der Waals surface area (Å²) >= 11 is 1.27. The minimum Gasteiger partial charge on any atom is -0.477 e. The summed E-state index contributed by atoms with van der Waals surface area (Å²) in [7, 11) is 0. The van der Waals surface area contributed by atoms with Crippen LogP contribution in [0.15, 0.2) is 10.6 Å². The molecule has 0 aromatic rings. The van der Waals surface area contributed by atoms with Crippen molar-refractivity contribution < 1.29 is 24.9 Å². The van der Waals surface area contributed by atoms with Crippen molar-refractivity contribution in [3.63, 3.8) is 0 Å². The molecule has 7 heteroatoms. The van der Waals surface area contributed by atoms with Crippen LogP contribution in [-0.4, -0.2) is 56.6 Å². The minimum atomic E-state index is -1.13. The zero-order valence-corrected chi connectivity index (χ0v) is 11.6. The van der Waals surface area contributed by atoms with Gasteiger partial charge in [-0.25, -0.2) is 4.79 Å². The molecule has 2 rings (SSSR count). The average molecular weight is 287 g/mol. The molecule has 0 saturated carbocycles. The topological polar surface area (TPSA) is 98.1 Å². The lowest BCUT2D eigenvalue weighted by Crippen LogP contribution is -2.63. The van der Waals surface area contributed by atoms with Gasteiger partial charge in [0.1, 0.15) is 5.70 Å². The van der Waals surface area contributed by atoms with Crippen LogP contribution < -0.4 is 0 Å². The van der Waals surface area contributed by atoms with Crippen molar-refractivity contribution in [2.75, 3.05) is 12.4 Å². The molecule has 6 nitrogen and oxygen atoms in total. The van der Waals surface area contributed by atoms with Crippen LogP contribution in [0.4, 0.5) is 0 Å². The number of aliphatic hydroxyl groups is 2. The Morgan fingerprint density at radius 2 is 2.16 bits per heavy atom. The van der Waals surface area contributed by atoms with E-state index in [1.54, 1.807) is 6.92 Å². The number of rotatable bonds is 5. The predicted octanol–water partition coefficient (Wildman–Crippen LogP) is -0.134. The molecule has 4 atom stereocenters. The number of thioether (sulfide) groups is 1. The van der Waals surface area contributed by atoms with Gasteiger partial charge in [0, 0.05) is 16.6 Å². The van der Waals surface area contributed by atoms with E-state index >= 15 is 0 Å². The summed E-state index contributed by atoms with van der Waals surface area (Å²) in [5.74, 6) is -1.72. The highest BCUT2D eigenvalue weighted by Crippen LogP contribution is 2.50. The largest absolute Gasteiger partial charge is 0.477 e. The fraction of sp³-hybridized carbons (Fsp3) is 0.667. The van der Waals surface area contributed by atoms with E-state index in [0.29, 0.717) is 10.7 Å². The van der Waals surface area contributed by atoms with Crippen molar-refractivity contribution in [3.8, 4) is 0 Å². The molecular formula is C12H17NO5S. The number of carbonyl (C=O) groups excluding carboxylic acids is 1. The number of aliphatic carboxylic acids is 1. The number of carbonyl (C=O) groups is 2. The molecule has 2 aliphatic heterocycles. The average Bonchev–Trinajstić information content (AvgIpc) is 2.56. The van der Waals surface area contributed by atoms with Gasteiger partial charge in [0.05, 0.1) is 24.7 Å². The third kappa shape index (κ3) is 2.05. The van der Waals surface area contributed by atoms with E-state index < -0.39 is 18.0 Å². The summed E-state index contributed by atoms with van der Waals surface area (Å²) in [6.07, 6.45) is -0.784. The first kappa shape index (κ1) is 14.4. The van der Waals surface area contributed by atoms with Crippen molar-refractivity contribution in [2.45, 2.75) is 26.0 Å². The van der Waals surface area contributed by atoms with Crippen LogP contribution in [0.2, 0.25) is 0 Å². The maximum Gasteiger partial charge on any atom is 0.353 e. The third-order valence-corrected chi connectivity index (χ3v) is 4.92. The molecule has 0 radical (unpaired) electrons. The van der Waals surface area contributed by atoms with Crippen molar-refractivity contribution in [3.05, 3.63) is 10.6 Å². The van der Waals surface area contributed by atoms with Crippen LogP contribution in [0.1, 0.15) is 13.8 Å². The van der Waals surface area contributed by atoms with Gasteiger partial charge >= 0.3 is 5.97 Å². The highest BCUT2D eigenvalue weighted by molar-refractivity contribution is 8.03. The Labute approximate surface area is 115 Å². The molecule has 1 fully saturated rings.